The van der Waals surface area contributed by atoms with Crippen LogP contribution in [0.25, 0.3) is 0 Å². The molecule has 0 aromatic heterocycles. The van der Waals surface area contributed by atoms with Crippen molar-refractivity contribution in [2.75, 3.05) is 4.90 Å². The van der Waals surface area contributed by atoms with E-state index in [0.717, 1.165) is 12.8 Å². The first-order valence-corrected chi connectivity index (χ1v) is 7.45. The zero-order valence-corrected chi connectivity index (χ0v) is 11.3. The van der Waals surface area contributed by atoms with Crippen LogP contribution in [0.1, 0.15) is 12.8 Å². The highest BCUT2D eigenvalue weighted by Crippen LogP contribution is 2.73. The largest absolute Gasteiger partial charge is 0.274 e. The van der Waals surface area contributed by atoms with Crippen LogP contribution in [0.4, 0.5) is 10.1 Å². The lowest BCUT2D eigenvalue weighted by atomic mass is 9.85. The lowest BCUT2D eigenvalue weighted by Gasteiger charge is -2.21. The van der Waals surface area contributed by atoms with Gasteiger partial charge in [0.2, 0.25) is 11.8 Å². The Morgan fingerprint density at radius 2 is 1.48 bits per heavy atom. The Kier molecular flexibility index (Phi) is 1.91. The van der Waals surface area contributed by atoms with E-state index in [-0.39, 0.29) is 46.7 Å². The molecule has 0 N–H and O–H groups in total. The summed E-state index contributed by atoms with van der Waals surface area (Å²) in [6.45, 7) is 0. The van der Waals surface area contributed by atoms with Gasteiger partial charge in [0.15, 0.2) is 0 Å². The Balaban J connectivity index is 1.57. The summed E-state index contributed by atoms with van der Waals surface area (Å²) in [5.41, 5.74) is 0.709. The van der Waals surface area contributed by atoms with Crippen LogP contribution in [-0.4, -0.2) is 11.8 Å². The minimum atomic E-state index is -0.364. The Labute approximate surface area is 121 Å². The molecule has 2 amide bonds. The number of rotatable bonds is 1. The summed E-state index contributed by atoms with van der Waals surface area (Å²) in [5, 5.41) is 0. The van der Waals surface area contributed by atoms with Crippen molar-refractivity contribution in [3.05, 3.63) is 42.2 Å². The van der Waals surface area contributed by atoms with Crippen molar-refractivity contribution >= 4 is 17.5 Å². The second-order valence-electron chi connectivity index (χ2n) is 6.71. The number of imide groups is 1. The third kappa shape index (κ3) is 1.20. The molecule has 0 unspecified atom stereocenters. The maximum Gasteiger partial charge on any atom is 0.238 e. The molecule has 1 heterocycles. The summed E-state index contributed by atoms with van der Waals surface area (Å²) >= 11 is 0. The van der Waals surface area contributed by atoms with Crippen molar-refractivity contribution < 1.29 is 14.0 Å². The number of amides is 2. The van der Waals surface area contributed by atoms with Gasteiger partial charge in [0.25, 0.3) is 0 Å². The Morgan fingerprint density at radius 1 is 0.952 bits per heavy atom. The van der Waals surface area contributed by atoms with E-state index in [1.165, 1.54) is 29.2 Å². The molecule has 4 atom stereocenters. The number of nitrogens with zero attached hydrogens (tertiary/aromatic N) is 1. The van der Waals surface area contributed by atoms with Gasteiger partial charge in [-0.2, -0.15) is 0 Å². The van der Waals surface area contributed by atoms with Crippen molar-refractivity contribution in [1.29, 1.82) is 0 Å². The first-order valence-electron chi connectivity index (χ1n) is 7.45. The highest BCUT2D eigenvalue weighted by Gasteiger charge is 2.73. The molecule has 4 heteroatoms. The molecular weight excluding hydrogens is 269 g/mol. The number of fused-ring (bicyclic) bond motifs is 3. The molecule has 0 radical (unpaired) electrons. The summed E-state index contributed by atoms with van der Waals surface area (Å²) in [4.78, 5) is 26.8. The molecule has 1 aromatic rings. The van der Waals surface area contributed by atoms with Gasteiger partial charge in [0.05, 0.1) is 17.5 Å². The Morgan fingerprint density at radius 3 is 1.95 bits per heavy atom. The van der Waals surface area contributed by atoms with Gasteiger partial charge in [0.1, 0.15) is 5.82 Å². The van der Waals surface area contributed by atoms with Gasteiger partial charge in [-0.15, -0.1) is 0 Å². The van der Waals surface area contributed by atoms with Crippen molar-refractivity contribution in [3.8, 4) is 0 Å². The van der Waals surface area contributed by atoms with E-state index in [9.17, 15) is 14.0 Å². The number of anilines is 1. The minimum absolute atomic E-state index is 0.0975. The highest BCUT2D eigenvalue weighted by atomic mass is 19.1. The maximum absolute atomic E-state index is 13.0. The lowest BCUT2D eigenvalue weighted by molar-refractivity contribution is -0.123. The fourth-order valence-electron chi connectivity index (χ4n) is 4.92. The van der Waals surface area contributed by atoms with Crippen molar-refractivity contribution in [2.24, 2.45) is 29.1 Å². The number of carbonyl (C=O) groups is 2. The van der Waals surface area contributed by atoms with Crippen molar-refractivity contribution in [2.45, 2.75) is 12.8 Å². The van der Waals surface area contributed by atoms with Crippen molar-refractivity contribution in [3.63, 3.8) is 0 Å². The quantitative estimate of drug-likeness (QED) is 0.586. The third-order valence-corrected chi connectivity index (χ3v) is 5.94. The van der Waals surface area contributed by atoms with Gasteiger partial charge in [0, 0.05) is 0 Å². The molecule has 5 rings (SSSR count). The molecular formula is C17H14FNO2. The highest BCUT2D eigenvalue weighted by molar-refractivity contribution is 6.23. The van der Waals surface area contributed by atoms with Gasteiger partial charge in [-0.25, -0.2) is 4.39 Å². The number of benzene rings is 1. The monoisotopic (exact) mass is 283 g/mol. The molecule has 4 aliphatic rings. The van der Waals surface area contributed by atoms with Gasteiger partial charge < -0.3 is 0 Å². The lowest BCUT2D eigenvalue weighted by Crippen LogP contribution is -2.34. The van der Waals surface area contributed by atoms with E-state index in [2.05, 4.69) is 12.2 Å². The zero-order valence-electron chi connectivity index (χ0n) is 11.3. The normalized spacial score (nSPS) is 37.7. The summed E-state index contributed by atoms with van der Waals surface area (Å²) in [7, 11) is 0. The zero-order chi connectivity index (χ0) is 14.4. The molecule has 3 aliphatic carbocycles. The maximum atomic E-state index is 13.0. The van der Waals surface area contributed by atoms with Gasteiger partial charge in [-0.1, -0.05) is 12.2 Å². The van der Waals surface area contributed by atoms with Crippen LogP contribution in [0.5, 0.6) is 0 Å². The van der Waals surface area contributed by atoms with Crippen LogP contribution in [-0.2, 0) is 9.59 Å². The van der Waals surface area contributed by atoms with E-state index >= 15 is 0 Å². The van der Waals surface area contributed by atoms with Gasteiger partial charge in [-0.3, -0.25) is 14.5 Å². The average molecular weight is 283 g/mol. The Hall–Kier alpha value is -1.97. The third-order valence-electron chi connectivity index (χ3n) is 5.94. The Bertz CT molecular complexity index is 670. The van der Waals surface area contributed by atoms with E-state index in [0.29, 0.717) is 5.69 Å². The van der Waals surface area contributed by atoms with Crippen LogP contribution in [0.2, 0.25) is 0 Å². The second-order valence-corrected chi connectivity index (χ2v) is 6.71. The number of carbonyl (C=O) groups excluding carboxylic acids is 2. The number of allylic oxidation sites excluding steroid dienone is 2. The molecule has 3 fully saturated rings. The number of halogens is 1. The van der Waals surface area contributed by atoms with Crippen molar-refractivity contribution in [1.82, 2.24) is 0 Å². The predicted octanol–water partition coefficient (Wildman–Crippen LogP) is 2.53. The topological polar surface area (TPSA) is 37.4 Å². The first-order chi connectivity index (χ1) is 10.1. The van der Waals surface area contributed by atoms with Gasteiger partial charge >= 0.3 is 0 Å². The molecule has 2 bridgehead atoms. The summed E-state index contributed by atoms with van der Waals surface area (Å²) in [6, 6.07) is 5.60. The molecule has 1 aliphatic heterocycles. The SMILES string of the molecule is O=C1[C@@H]2[C@H](C(=O)N1c1ccc(F)cc1)[C@H]1C=C[C@@H]2C12CC2. The second kappa shape index (κ2) is 3.43. The number of hydrogen-bond acceptors (Lipinski definition) is 2. The standard InChI is InChI=1S/C17H14FNO2/c18-9-1-3-10(4-2-9)19-15(20)13-11-5-6-12(14(13)16(19)21)17(11)7-8-17/h1-6,11-14H,7-8H2/t11-,12+,13-,14+. The fraction of sp³-hybridized carbons (Fsp3) is 0.412. The van der Waals surface area contributed by atoms with E-state index in [1.807, 2.05) is 0 Å². The van der Waals surface area contributed by atoms with E-state index < -0.39 is 0 Å². The van der Waals surface area contributed by atoms with Crippen LogP contribution in [0.3, 0.4) is 0 Å². The smallest absolute Gasteiger partial charge is 0.238 e. The molecule has 2 saturated carbocycles. The van der Waals surface area contributed by atoms with Crippen LogP contribution >= 0.6 is 0 Å². The fourth-order valence-corrected chi connectivity index (χ4v) is 4.92. The number of hydrogen-bond donors (Lipinski definition) is 0. The van der Waals surface area contributed by atoms with E-state index in [1.54, 1.807) is 0 Å². The van der Waals surface area contributed by atoms with Crippen LogP contribution in [0.15, 0.2) is 36.4 Å². The molecule has 3 nitrogen and oxygen atoms in total. The van der Waals surface area contributed by atoms with E-state index in [4.69, 9.17) is 0 Å². The summed E-state index contributed by atoms with van der Waals surface area (Å²) in [6.07, 6.45) is 6.58. The minimum Gasteiger partial charge on any atom is -0.274 e. The summed E-state index contributed by atoms with van der Waals surface area (Å²) in [5.74, 6) is -0.486. The molecule has 1 saturated heterocycles. The first kappa shape index (κ1) is 11.7. The molecule has 1 aromatic carbocycles. The molecule has 21 heavy (non-hydrogen) atoms. The molecule has 106 valence electrons. The van der Waals surface area contributed by atoms with Crippen LogP contribution in [0, 0.1) is 34.9 Å². The average Bonchev–Trinajstić information content (AvgIpc) is 3.07. The predicted molar refractivity (Wildman–Crippen MR) is 73.7 cm³/mol. The molecule has 1 spiro atoms. The van der Waals surface area contributed by atoms with Gasteiger partial charge in [-0.05, 0) is 54.4 Å². The van der Waals surface area contributed by atoms with Crippen LogP contribution < -0.4 is 4.90 Å². The summed E-state index contributed by atoms with van der Waals surface area (Å²) < 4.78 is 13.0.